The highest BCUT2D eigenvalue weighted by Gasteiger charge is 2.32. The van der Waals surface area contributed by atoms with Gasteiger partial charge in [0.1, 0.15) is 12.4 Å². The van der Waals surface area contributed by atoms with Crippen molar-refractivity contribution in [2.45, 2.75) is 51.4 Å². The van der Waals surface area contributed by atoms with Crippen molar-refractivity contribution in [2.75, 3.05) is 6.61 Å². The van der Waals surface area contributed by atoms with E-state index in [-0.39, 0.29) is 17.7 Å². The molecule has 2 N–H and O–H groups in total. The normalized spacial score (nSPS) is 23.9. The molecule has 1 aromatic carbocycles. The van der Waals surface area contributed by atoms with Crippen molar-refractivity contribution < 1.29 is 9.47 Å². The quantitative estimate of drug-likeness (QED) is 0.892. The molecule has 2 atom stereocenters. The summed E-state index contributed by atoms with van der Waals surface area (Å²) < 4.78 is 11.8. The van der Waals surface area contributed by atoms with E-state index in [9.17, 15) is 0 Å². The van der Waals surface area contributed by atoms with Crippen LogP contribution in [-0.2, 0) is 4.74 Å². The van der Waals surface area contributed by atoms with Crippen LogP contribution in [-0.4, -0.2) is 18.3 Å². The van der Waals surface area contributed by atoms with Gasteiger partial charge in [0, 0.05) is 11.6 Å². The summed E-state index contributed by atoms with van der Waals surface area (Å²) in [5.74, 6) is 0.876. The van der Waals surface area contributed by atoms with Crippen molar-refractivity contribution >= 4 is 0 Å². The van der Waals surface area contributed by atoms with Gasteiger partial charge in [0.2, 0.25) is 0 Å². The Labute approximate surface area is 109 Å². The van der Waals surface area contributed by atoms with Crippen LogP contribution in [0.15, 0.2) is 24.3 Å². The number of ether oxygens (including phenoxy) is 2. The molecule has 100 valence electrons. The summed E-state index contributed by atoms with van der Waals surface area (Å²) in [5.41, 5.74) is 6.98. The average molecular weight is 249 g/mol. The highest BCUT2D eigenvalue weighted by atomic mass is 16.6. The first kappa shape index (κ1) is 13.4. The summed E-state index contributed by atoms with van der Waals surface area (Å²) in [6.07, 6.45) is 2.35. The van der Waals surface area contributed by atoms with Gasteiger partial charge in [-0.1, -0.05) is 18.2 Å². The van der Waals surface area contributed by atoms with E-state index in [1.807, 2.05) is 31.2 Å². The number of benzene rings is 1. The van der Waals surface area contributed by atoms with Gasteiger partial charge in [-0.3, -0.25) is 0 Å². The van der Waals surface area contributed by atoms with E-state index < -0.39 is 0 Å². The lowest BCUT2D eigenvalue weighted by atomic mass is 10.1. The third kappa shape index (κ3) is 3.24. The van der Waals surface area contributed by atoms with Crippen LogP contribution < -0.4 is 10.5 Å². The zero-order chi connectivity index (χ0) is 13.2. The molecule has 2 unspecified atom stereocenters. The molecule has 0 aliphatic carbocycles. The van der Waals surface area contributed by atoms with Crippen LogP contribution in [0.3, 0.4) is 0 Å². The molecule has 1 fully saturated rings. The van der Waals surface area contributed by atoms with Gasteiger partial charge >= 0.3 is 0 Å². The van der Waals surface area contributed by atoms with Crippen LogP contribution in [0.2, 0.25) is 0 Å². The van der Waals surface area contributed by atoms with Crippen molar-refractivity contribution in [3.63, 3.8) is 0 Å². The maximum Gasteiger partial charge on any atom is 0.124 e. The summed E-state index contributed by atoms with van der Waals surface area (Å²) in [7, 11) is 0. The standard InChI is InChI=1S/C15H23NO2/c1-11(16)13-6-4-5-7-14(13)17-10-12-8-9-15(2,3)18-12/h4-7,11-12H,8-10,16H2,1-3H3. The molecule has 0 amide bonds. The maximum absolute atomic E-state index is 5.93. The summed E-state index contributed by atoms with van der Waals surface area (Å²) in [5, 5.41) is 0. The molecule has 1 aromatic rings. The number of para-hydroxylation sites is 1. The Morgan fingerprint density at radius 3 is 2.78 bits per heavy atom. The van der Waals surface area contributed by atoms with Gasteiger partial charge in [-0.05, 0) is 39.7 Å². The average Bonchev–Trinajstić information content (AvgIpc) is 2.66. The molecule has 3 heteroatoms. The summed E-state index contributed by atoms with van der Waals surface area (Å²) >= 11 is 0. The third-order valence-electron chi connectivity index (χ3n) is 3.39. The molecule has 2 rings (SSSR count). The zero-order valence-electron chi connectivity index (χ0n) is 11.5. The van der Waals surface area contributed by atoms with Gasteiger partial charge in [-0.2, -0.15) is 0 Å². The molecule has 1 heterocycles. The monoisotopic (exact) mass is 249 g/mol. The van der Waals surface area contributed by atoms with Crippen LogP contribution in [0.4, 0.5) is 0 Å². The number of hydrogen-bond donors (Lipinski definition) is 1. The Bertz CT molecular complexity index is 401. The van der Waals surface area contributed by atoms with E-state index in [1.54, 1.807) is 0 Å². The van der Waals surface area contributed by atoms with Crippen molar-refractivity contribution in [3.8, 4) is 5.75 Å². The minimum Gasteiger partial charge on any atom is -0.491 e. The van der Waals surface area contributed by atoms with E-state index in [2.05, 4.69) is 13.8 Å². The van der Waals surface area contributed by atoms with E-state index in [1.165, 1.54) is 0 Å². The van der Waals surface area contributed by atoms with Crippen molar-refractivity contribution in [2.24, 2.45) is 5.73 Å². The summed E-state index contributed by atoms with van der Waals surface area (Å²) in [6, 6.07) is 7.93. The Hall–Kier alpha value is -1.06. The van der Waals surface area contributed by atoms with Crippen molar-refractivity contribution in [3.05, 3.63) is 29.8 Å². The second kappa shape index (κ2) is 5.29. The van der Waals surface area contributed by atoms with E-state index in [0.717, 1.165) is 24.2 Å². The molecule has 0 aromatic heterocycles. The van der Waals surface area contributed by atoms with Crippen LogP contribution in [0, 0.1) is 0 Å². The summed E-state index contributed by atoms with van der Waals surface area (Å²) in [6.45, 7) is 6.83. The van der Waals surface area contributed by atoms with Crippen molar-refractivity contribution in [1.82, 2.24) is 0 Å². The van der Waals surface area contributed by atoms with Gasteiger partial charge in [-0.25, -0.2) is 0 Å². The number of rotatable bonds is 4. The summed E-state index contributed by atoms with van der Waals surface area (Å²) in [4.78, 5) is 0. The third-order valence-corrected chi connectivity index (χ3v) is 3.39. The molecule has 0 radical (unpaired) electrons. The van der Waals surface area contributed by atoms with Gasteiger partial charge in [-0.15, -0.1) is 0 Å². The molecule has 18 heavy (non-hydrogen) atoms. The number of hydrogen-bond acceptors (Lipinski definition) is 3. The fourth-order valence-electron chi connectivity index (χ4n) is 2.37. The largest absolute Gasteiger partial charge is 0.491 e. The van der Waals surface area contributed by atoms with Gasteiger partial charge in [0.25, 0.3) is 0 Å². The van der Waals surface area contributed by atoms with E-state index in [4.69, 9.17) is 15.2 Å². The highest BCUT2D eigenvalue weighted by molar-refractivity contribution is 5.35. The molecular formula is C15H23NO2. The molecule has 1 aliphatic heterocycles. The Kier molecular flexibility index (Phi) is 3.93. The molecule has 0 saturated carbocycles. The van der Waals surface area contributed by atoms with Gasteiger partial charge in [0.05, 0.1) is 11.7 Å². The minimum atomic E-state index is -0.0119. The second-order valence-corrected chi connectivity index (χ2v) is 5.68. The fourth-order valence-corrected chi connectivity index (χ4v) is 2.37. The lowest BCUT2D eigenvalue weighted by Gasteiger charge is -2.20. The zero-order valence-corrected chi connectivity index (χ0v) is 11.5. The molecule has 1 aliphatic rings. The fraction of sp³-hybridized carbons (Fsp3) is 0.600. The van der Waals surface area contributed by atoms with E-state index in [0.29, 0.717) is 6.61 Å². The second-order valence-electron chi connectivity index (χ2n) is 5.68. The Morgan fingerprint density at radius 2 is 2.17 bits per heavy atom. The molecule has 0 bridgehead atoms. The molecular weight excluding hydrogens is 226 g/mol. The van der Waals surface area contributed by atoms with Crippen LogP contribution in [0.1, 0.15) is 45.2 Å². The van der Waals surface area contributed by atoms with E-state index >= 15 is 0 Å². The first-order valence-electron chi connectivity index (χ1n) is 6.63. The lowest BCUT2D eigenvalue weighted by molar-refractivity contribution is -0.0327. The topological polar surface area (TPSA) is 44.5 Å². The van der Waals surface area contributed by atoms with Crippen LogP contribution in [0.5, 0.6) is 5.75 Å². The first-order valence-corrected chi connectivity index (χ1v) is 6.63. The Morgan fingerprint density at radius 1 is 1.44 bits per heavy atom. The lowest BCUT2D eigenvalue weighted by Crippen LogP contribution is -2.24. The maximum atomic E-state index is 5.93. The molecule has 3 nitrogen and oxygen atoms in total. The Balaban J connectivity index is 1.95. The minimum absolute atomic E-state index is 0.00525. The van der Waals surface area contributed by atoms with Gasteiger partial charge in [0.15, 0.2) is 0 Å². The molecule has 1 saturated heterocycles. The van der Waals surface area contributed by atoms with Crippen LogP contribution >= 0.6 is 0 Å². The predicted molar refractivity (Wildman–Crippen MR) is 72.7 cm³/mol. The number of nitrogens with two attached hydrogens (primary N) is 1. The van der Waals surface area contributed by atoms with Crippen LogP contribution in [0.25, 0.3) is 0 Å². The molecule has 0 spiro atoms. The van der Waals surface area contributed by atoms with Gasteiger partial charge < -0.3 is 15.2 Å². The SMILES string of the molecule is CC(N)c1ccccc1OCC1CCC(C)(C)O1. The predicted octanol–water partition coefficient (Wildman–Crippen LogP) is 3.04. The smallest absolute Gasteiger partial charge is 0.124 e. The van der Waals surface area contributed by atoms with Crippen molar-refractivity contribution in [1.29, 1.82) is 0 Å². The first-order chi connectivity index (χ1) is 8.48. The highest BCUT2D eigenvalue weighted by Crippen LogP contribution is 2.30.